The molecule has 28 heavy (non-hydrogen) atoms. The highest BCUT2D eigenvalue weighted by Crippen LogP contribution is 2.42. The Morgan fingerprint density at radius 1 is 1.07 bits per heavy atom. The van der Waals surface area contributed by atoms with Crippen molar-refractivity contribution in [3.8, 4) is 0 Å². The topological polar surface area (TPSA) is 39.7 Å². The first-order valence-corrected chi connectivity index (χ1v) is 11.1. The Hall–Kier alpha value is -0.820. The van der Waals surface area contributed by atoms with E-state index < -0.39 is 0 Å². The molecule has 0 aromatic heterocycles. The maximum absolute atomic E-state index is 4.73. The quantitative estimate of drug-likeness (QED) is 0.360. The van der Waals surface area contributed by atoms with Crippen LogP contribution in [0.1, 0.15) is 68.9 Å². The Balaban J connectivity index is 0.00000225. The van der Waals surface area contributed by atoms with Gasteiger partial charge in [-0.2, -0.15) is 0 Å². The van der Waals surface area contributed by atoms with E-state index in [9.17, 15) is 0 Å². The number of benzene rings is 1. The number of aryl methyl sites for hydroxylation is 1. The van der Waals surface area contributed by atoms with Gasteiger partial charge in [-0.1, -0.05) is 37.1 Å². The predicted octanol–water partition coefficient (Wildman–Crippen LogP) is 4.43. The lowest BCUT2D eigenvalue weighted by Crippen LogP contribution is -2.50. The predicted molar refractivity (Wildman–Crippen MR) is 129 cm³/mol. The maximum atomic E-state index is 4.73. The van der Waals surface area contributed by atoms with Crippen LogP contribution in [-0.2, 0) is 0 Å². The third kappa shape index (κ3) is 5.41. The average molecular weight is 496 g/mol. The molecule has 1 aromatic carbocycles. The average Bonchev–Trinajstić information content (AvgIpc) is 3.21. The molecule has 2 N–H and O–H groups in total. The third-order valence-electron chi connectivity index (χ3n) is 6.73. The Kier molecular flexibility index (Phi) is 8.03. The van der Waals surface area contributed by atoms with Crippen molar-refractivity contribution in [1.82, 2.24) is 15.5 Å². The highest BCUT2D eigenvalue weighted by atomic mass is 127. The Morgan fingerprint density at radius 2 is 1.79 bits per heavy atom. The highest BCUT2D eigenvalue weighted by molar-refractivity contribution is 14.0. The van der Waals surface area contributed by atoms with Gasteiger partial charge in [0, 0.05) is 43.7 Å². The van der Waals surface area contributed by atoms with Gasteiger partial charge in [-0.15, -0.1) is 24.0 Å². The minimum atomic E-state index is 0. The molecule has 1 saturated heterocycles. The van der Waals surface area contributed by atoms with Gasteiger partial charge in [0.15, 0.2) is 5.96 Å². The summed E-state index contributed by atoms with van der Waals surface area (Å²) in [7, 11) is 0. The molecule has 0 radical (unpaired) electrons. The van der Waals surface area contributed by atoms with E-state index in [1.165, 1.54) is 69.2 Å². The molecule has 1 heterocycles. The lowest BCUT2D eigenvalue weighted by molar-refractivity contribution is 0.150. The summed E-state index contributed by atoms with van der Waals surface area (Å²) in [4.78, 5) is 7.47. The lowest BCUT2D eigenvalue weighted by atomic mass is 10.0. The van der Waals surface area contributed by atoms with Crippen molar-refractivity contribution in [3.63, 3.8) is 0 Å². The minimum absolute atomic E-state index is 0. The molecular formula is C23H37IN4. The summed E-state index contributed by atoms with van der Waals surface area (Å²) < 4.78 is 0. The molecule has 1 aliphatic heterocycles. The van der Waals surface area contributed by atoms with Crippen LogP contribution in [0, 0.1) is 6.92 Å². The van der Waals surface area contributed by atoms with Crippen LogP contribution in [0.3, 0.4) is 0 Å². The van der Waals surface area contributed by atoms with Gasteiger partial charge in [-0.25, -0.2) is 0 Å². The fourth-order valence-corrected chi connectivity index (χ4v) is 5.04. The smallest absolute Gasteiger partial charge is 0.191 e. The number of piperidine rings is 1. The third-order valence-corrected chi connectivity index (χ3v) is 6.73. The first-order chi connectivity index (χ1) is 13.2. The summed E-state index contributed by atoms with van der Waals surface area (Å²) in [6.45, 7) is 7.67. The van der Waals surface area contributed by atoms with E-state index in [4.69, 9.17) is 4.99 Å². The van der Waals surface area contributed by atoms with E-state index in [1.807, 2.05) is 0 Å². The van der Waals surface area contributed by atoms with Gasteiger partial charge in [0.1, 0.15) is 0 Å². The fraction of sp³-hybridized carbons (Fsp3) is 0.696. The Labute approximate surface area is 188 Å². The molecule has 1 aromatic rings. The van der Waals surface area contributed by atoms with Crippen LogP contribution in [0.4, 0.5) is 0 Å². The van der Waals surface area contributed by atoms with E-state index in [1.54, 1.807) is 0 Å². The standard InChI is InChI=1S/C23H36N4.HI/c1-3-24-23(26-22-16-21(22)20-11-7-4-8-17(20)2)25-18-12-14-27(15-13-18)19-9-5-6-10-19;/h4,7-8,11,18-19,21-22H,3,5-6,9-10,12-16H2,1-2H3,(H2,24,25,26);1H. The first-order valence-electron chi connectivity index (χ1n) is 11.1. The normalized spacial score (nSPS) is 26.7. The van der Waals surface area contributed by atoms with E-state index in [0.717, 1.165) is 18.5 Å². The number of likely N-dealkylation sites (tertiary alicyclic amines) is 1. The number of aliphatic imine (C=N–C) groups is 1. The van der Waals surface area contributed by atoms with Crippen molar-refractivity contribution in [2.45, 2.75) is 82.8 Å². The monoisotopic (exact) mass is 496 g/mol. The summed E-state index contributed by atoms with van der Waals surface area (Å²) in [6, 6.07) is 10.8. The maximum Gasteiger partial charge on any atom is 0.191 e. The van der Waals surface area contributed by atoms with Gasteiger partial charge in [0.2, 0.25) is 0 Å². The van der Waals surface area contributed by atoms with Gasteiger partial charge in [-0.05, 0) is 57.1 Å². The molecular weight excluding hydrogens is 459 g/mol. The summed E-state index contributed by atoms with van der Waals surface area (Å²) in [5.41, 5.74) is 2.91. The number of rotatable bonds is 5. The molecule has 4 nitrogen and oxygen atoms in total. The molecule has 2 saturated carbocycles. The number of nitrogens with one attached hydrogen (secondary N) is 2. The molecule has 0 bridgehead atoms. The molecule has 156 valence electrons. The molecule has 3 aliphatic rings. The van der Waals surface area contributed by atoms with E-state index in [-0.39, 0.29) is 24.0 Å². The number of nitrogens with zero attached hydrogens (tertiary/aromatic N) is 2. The number of halogens is 1. The molecule has 5 heteroatoms. The van der Waals surface area contributed by atoms with E-state index in [2.05, 4.69) is 53.6 Å². The zero-order valence-electron chi connectivity index (χ0n) is 17.5. The van der Waals surface area contributed by atoms with Crippen LogP contribution in [0.15, 0.2) is 29.3 Å². The van der Waals surface area contributed by atoms with Crippen molar-refractivity contribution in [1.29, 1.82) is 0 Å². The van der Waals surface area contributed by atoms with Gasteiger partial charge in [-0.3, -0.25) is 4.99 Å². The minimum Gasteiger partial charge on any atom is -0.354 e. The summed E-state index contributed by atoms with van der Waals surface area (Å²) in [5, 5.41) is 7.44. The number of hydrogen-bond acceptors (Lipinski definition) is 2. The molecule has 2 unspecified atom stereocenters. The second-order valence-corrected chi connectivity index (χ2v) is 8.67. The lowest BCUT2D eigenvalue weighted by Gasteiger charge is -2.36. The van der Waals surface area contributed by atoms with E-state index >= 15 is 0 Å². The second kappa shape index (κ2) is 10.3. The van der Waals surface area contributed by atoms with Crippen molar-refractivity contribution in [3.05, 3.63) is 35.4 Å². The van der Waals surface area contributed by atoms with Crippen molar-refractivity contribution < 1.29 is 0 Å². The van der Waals surface area contributed by atoms with Crippen molar-refractivity contribution >= 4 is 29.9 Å². The number of hydrogen-bond donors (Lipinski definition) is 2. The van der Waals surface area contributed by atoms with Crippen LogP contribution < -0.4 is 10.6 Å². The molecule has 2 aliphatic carbocycles. The molecule has 4 rings (SSSR count). The largest absolute Gasteiger partial charge is 0.354 e. The summed E-state index contributed by atoms with van der Waals surface area (Å²) in [6.07, 6.45) is 9.41. The fourth-order valence-electron chi connectivity index (χ4n) is 5.04. The van der Waals surface area contributed by atoms with Crippen molar-refractivity contribution in [2.75, 3.05) is 19.6 Å². The first kappa shape index (κ1) is 21.9. The van der Waals surface area contributed by atoms with Gasteiger partial charge < -0.3 is 15.5 Å². The van der Waals surface area contributed by atoms with Crippen LogP contribution in [-0.4, -0.2) is 48.6 Å². The molecule has 3 fully saturated rings. The van der Waals surface area contributed by atoms with Crippen LogP contribution in [0.5, 0.6) is 0 Å². The van der Waals surface area contributed by atoms with Crippen LogP contribution >= 0.6 is 24.0 Å². The SMILES string of the molecule is CCN=C(NC1CCN(C2CCCC2)CC1)NC1CC1c1ccccc1C.I. The van der Waals surface area contributed by atoms with Crippen LogP contribution in [0.2, 0.25) is 0 Å². The Morgan fingerprint density at radius 3 is 2.46 bits per heavy atom. The summed E-state index contributed by atoms with van der Waals surface area (Å²) in [5.74, 6) is 1.66. The van der Waals surface area contributed by atoms with Gasteiger partial charge in [0.05, 0.1) is 0 Å². The zero-order chi connectivity index (χ0) is 18.6. The summed E-state index contributed by atoms with van der Waals surface area (Å²) >= 11 is 0. The van der Waals surface area contributed by atoms with E-state index in [0.29, 0.717) is 18.0 Å². The van der Waals surface area contributed by atoms with Crippen LogP contribution in [0.25, 0.3) is 0 Å². The zero-order valence-corrected chi connectivity index (χ0v) is 19.8. The highest BCUT2D eigenvalue weighted by Gasteiger charge is 2.40. The molecule has 0 amide bonds. The van der Waals surface area contributed by atoms with Gasteiger partial charge >= 0.3 is 0 Å². The molecule has 0 spiro atoms. The van der Waals surface area contributed by atoms with Crippen molar-refractivity contribution in [2.24, 2.45) is 4.99 Å². The van der Waals surface area contributed by atoms with Gasteiger partial charge in [0.25, 0.3) is 0 Å². The second-order valence-electron chi connectivity index (χ2n) is 8.67. The molecule has 2 atom stereocenters. The Bertz CT molecular complexity index is 648. The number of guanidine groups is 1.